The Morgan fingerprint density at radius 1 is 1.33 bits per heavy atom. The number of rotatable bonds is 4. The summed E-state index contributed by atoms with van der Waals surface area (Å²) >= 11 is 0. The zero-order chi connectivity index (χ0) is 13.3. The SMILES string of the molecule is CCCC(C)(C)C(=O)OC1COC2C(O)CO[C@H]12. The number of fused-ring (bicyclic) bond motifs is 1. The normalized spacial score (nSPS) is 35.6. The summed E-state index contributed by atoms with van der Waals surface area (Å²) in [6, 6.07) is 0. The van der Waals surface area contributed by atoms with Crippen LogP contribution in [0, 0.1) is 5.41 Å². The monoisotopic (exact) mass is 258 g/mol. The summed E-state index contributed by atoms with van der Waals surface area (Å²) < 4.78 is 16.3. The van der Waals surface area contributed by atoms with Crippen molar-refractivity contribution in [3.63, 3.8) is 0 Å². The van der Waals surface area contributed by atoms with Crippen LogP contribution in [0.2, 0.25) is 0 Å². The summed E-state index contributed by atoms with van der Waals surface area (Å²) in [5.74, 6) is -0.219. The first-order valence-electron chi connectivity index (χ1n) is 6.58. The Hall–Kier alpha value is -0.650. The first-order valence-corrected chi connectivity index (χ1v) is 6.58. The average Bonchev–Trinajstić information content (AvgIpc) is 2.84. The fraction of sp³-hybridized carbons (Fsp3) is 0.923. The summed E-state index contributed by atoms with van der Waals surface area (Å²) in [5, 5.41) is 9.60. The van der Waals surface area contributed by atoms with E-state index in [1.54, 1.807) is 0 Å². The van der Waals surface area contributed by atoms with Gasteiger partial charge in [-0.2, -0.15) is 0 Å². The van der Waals surface area contributed by atoms with Gasteiger partial charge in [0.15, 0.2) is 6.10 Å². The van der Waals surface area contributed by atoms with Gasteiger partial charge in [-0.3, -0.25) is 4.79 Å². The molecule has 0 aliphatic carbocycles. The van der Waals surface area contributed by atoms with Crippen LogP contribution >= 0.6 is 0 Å². The molecule has 2 heterocycles. The molecule has 0 radical (unpaired) electrons. The van der Waals surface area contributed by atoms with E-state index in [4.69, 9.17) is 14.2 Å². The Bertz CT molecular complexity index is 315. The van der Waals surface area contributed by atoms with Crippen molar-refractivity contribution >= 4 is 5.97 Å². The number of ether oxygens (including phenoxy) is 3. The average molecular weight is 258 g/mol. The minimum Gasteiger partial charge on any atom is -0.457 e. The van der Waals surface area contributed by atoms with Crippen molar-refractivity contribution in [1.29, 1.82) is 0 Å². The van der Waals surface area contributed by atoms with Crippen LogP contribution < -0.4 is 0 Å². The molecule has 3 unspecified atom stereocenters. The number of esters is 1. The molecule has 2 saturated heterocycles. The maximum atomic E-state index is 12.1. The number of carbonyl (C=O) groups is 1. The molecule has 0 spiro atoms. The van der Waals surface area contributed by atoms with E-state index in [9.17, 15) is 9.90 Å². The van der Waals surface area contributed by atoms with Gasteiger partial charge in [-0.05, 0) is 20.3 Å². The topological polar surface area (TPSA) is 65.0 Å². The summed E-state index contributed by atoms with van der Waals surface area (Å²) in [7, 11) is 0. The molecule has 18 heavy (non-hydrogen) atoms. The zero-order valence-electron chi connectivity index (χ0n) is 11.2. The van der Waals surface area contributed by atoms with Crippen LogP contribution in [0.1, 0.15) is 33.6 Å². The largest absolute Gasteiger partial charge is 0.457 e. The maximum Gasteiger partial charge on any atom is 0.311 e. The fourth-order valence-corrected chi connectivity index (χ4v) is 2.57. The molecule has 4 atom stereocenters. The lowest BCUT2D eigenvalue weighted by Gasteiger charge is -2.25. The van der Waals surface area contributed by atoms with Crippen molar-refractivity contribution in [3.8, 4) is 0 Å². The van der Waals surface area contributed by atoms with Gasteiger partial charge in [0.1, 0.15) is 18.3 Å². The highest BCUT2D eigenvalue weighted by atomic mass is 16.6. The molecule has 2 rings (SSSR count). The number of aliphatic hydroxyl groups is 1. The molecule has 2 aliphatic heterocycles. The second-order valence-electron chi connectivity index (χ2n) is 5.74. The lowest BCUT2D eigenvalue weighted by atomic mass is 9.88. The van der Waals surface area contributed by atoms with E-state index in [2.05, 4.69) is 0 Å². The van der Waals surface area contributed by atoms with Crippen LogP contribution in [-0.2, 0) is 19.0 Å². The molecule has 5 heteroatoms. The molecule has 0 bridgehead atoms. The van der Waals surface area contributed by atoms with E-state index < -0.39 is 17.6 Å². The van der Waals surface area contributed by atoms with E-state index in [0.29, 0.717) is 6.61 Å². The zero-order valence-corrected chi connectivity index (χ0v) is 11.2. The molecule has 0 aromatic carbocycles. The van der Waals surface area contributed by atoms with Gasteiger partial charge in [0.05, 0.1) is 18.6 Å². The van der Waals surface area contributed by atoms with Crippen molar-refractivity contribution in [2.24, 2.45) is 5.41 Å². The summed E-state index contributed by atoms with van der Waals surface area (Å²) in [6.07, 6.45) is 0.0539. The molecule has 5 nitrogen and oxygen atoms in total. The van der Waals surface area contributed by atoms with Gasteiger partial charge in [-0.15, -0.1) is 0 Å². The maximum absolute atomic E-state index is 12.1. The van der Waals surface area contributed by atoms with E-state index >= 15 is 0 Å². The molecule has 104 valence electrons. The molecular formula is C13H22O5. The Kier molecular flexibility index (Phi) is 3.94. The van der Waals surface area contributed by atoms with Gasteiger partial charge in [0, 0.05) is 0 Å². The van der Waals surface area contributed by atoms with Crippen LogP contribution in [0.15, 0.2) is 0 Å². The van der Waals surface area contributed by atoms with Crippen molar-refractivity contribution in [1.82, 2.24) is 0 Å². The van der Waals surface area contributed by atoms with Gasteiger partial charge in [0.2, 0.25) is 0 Å². The second kappa shape index (κ2) is 5.15. The van der Waals surface area contributed by atoms with E-state index in [1.165, 1.54) is 0 Å². The second-order valence-corrected chi connectivity index (χ2v) is 5.74. The van der Waals surface area contributed by atoms with Gasteiger partial charge in [-0.1, -0.05) is 13.3 Å². The van der Waals surface area contributed by atoms with Crippen molar-refractivity contribution in [2.45, 2.75) is 58.0 Å². The third-order valence-electron chi connectivity index (χ3n) is 3.67. The third kappa shape index (κ3) is 2.53. The molecule has 2 aliphatic rings. The number of hydrogen-bond acceptors (Lipinski definition) is 5. The van der Waals surface area contributed by atoms with Crippen LogP contribution in [0.5, 0.6) is 0 Å². The number of carbonyl (C=O) groups excluding carboxylic acids is 1. The molecule has 0 aromatic heterocycles. The Morgan fingerprint density at radius 3 is 2.67 bits per heavy atom. The highest BCUT2D eigenvalue weighted by molar-refractivity contribution is 5.76. The van der Waals surface area contributed by atoms with Gasteiger partial charge in [-0.25, -0.2) is 0 Å². The minimum atomic E-state index is -0.609. The van der Waals surface area contributed by atoms with Crippen LogP contribution in [0.4, 0.5) is 0 Å². The predicted molar refractivity (Wildman–Crippen MR) is 64.1 cm³/mol. The highest BCUT2D eigenvalue weighted by Gasteiger charge is 2.49. The third-order valence-corrected chi connectivity index (χ3v) is 3.67. The summed E-state index contributed by atoms with van der Waals surface area (Å²) in [5.41, 5.74) is -0.482. The van der Waals surface area contributed by atoms with Gasteiger partial charge < -0.3 is 19.3 Å². The molecule has 1 N–H and O–H groups in total. The first-order chi connectivity index (χ1) is 8.45. The summed E-state index contributed by atoms with van der Waals surface area (Å²) in [6.45, 7) is 6.37. The van der Waals surface area contributed by atoms with E-state index in [0.717, 1.165) is 12.8 Å². The fourth-order valence-electron chi connectivity index (χ4n) is 2.57. The predicted octanol–water partition coefficient (Wildman–Crippen LogP) is 0.883. The molecule has 0 saturated carbocycles. The standard InChI is InChI=1S/C13H22O5/c1-4-5-13(2,3)12(15)18-9-7-17-10-8(14)6-16-11(9)10/h8-11,14H,4-7H2,1-3H3/t8?,9?,10?,11-/m1/s1. The Balaban J connectivity index is 1.93. The number of hydrogen-bond donors (Lipinski definition) is 1. The molecule has 0 amide bonds. The highest BCUT2D eigenvalue weighted by Crippen LogP contribution is 2.31. The van der Waals surface area contributed by atoms with Crippen molar-refractivity contribution in [3.05, 3.63) is 0 Å². The Labute approximate surface area is 107 Å². The van der Waals surface area contributed by atoms with E-state index in [-0.39, 0.29) is 24.8 Å². The smallest absolute Gasteiger partial charge is 0.311 e. The minimum absolute atomic E-state index is 0.219. The van der Waals surface area contributed by atoms with Crippen LogP contribution in [0.25, 0.3) is 0 Å². The Morgan fingerprint density at radius 2 is 2.00 bits per heavy atom. The lowest BCUT2D eigenvalue weighted by molar-refractivity contribution is -0.164. The van der Waals surface area contributed by atoms with Gasteiger partial charge in [0.25, 0.3) is 0 Å². The molecule has 0 aromatic rings. The molecular weight excluding hydrogens is 236 g/mol. The lowest BCUT2D eigenvalue weighted by Crippen LogP contribution is -2.37. The van der Waals surface area contributed by atoms with Crippen LogP contribution in [0.3, 0.4) is 0 Å². The first kappa shape index (κ1) is 13.8. The quantitative estimate of drug-likeness (QED) is 0.758. The van der Waals surface area contributed by atoms with Gasteiger partial charge >= 0.3 is 5.97 Å². The van der Waals surface area contributed by atoms with Crippen molar-refractivity contribution in [2.75, 3.05) is 13.2 Å². The van der Waals surface area contributed by atoms with E-state index in [1.807, 2.05) is 20.8 Å². The number of aliphatic hydroxyl groups excluding tert-OH is 1. The molecule has 2 fully saturated rings. The summed E-state index contributed by atoms with van der Waals surface area (Å²) in [4.78, 5) is 12.1. The van der Waals surface area contributed by atoms with Crippen molar-refractivity contribution < 1.29 is 24.1 Å². The van der Waals surface area contributed by atoms with Crippen LogP contribution in [-0.4, -0.2) is 48.7 Å².